The van der Waals surface area contributed by atoms with E-state index in [0.717, 1.165) is 0 Å². The average Bonchev–Trinajstić information content (AvgIpc) is 2.43. The molecule has 0 radical (unpaired) electrons. The molecule has 0 bridgehead atoms. The fourth-order valence-corrected chi connectivity index (χ4v) is 1.81. The lowest BCUT2D eigenvalue weighted by atomic mass is 10.0. The number of hydrogen-bond donors (Lipinski definition) is 2. The predicted octanol–water partition coefficient (Wildman–Crippen LogP) is 1.23. The van der Waals surface area contributed by atoms with E-state index in [0.29, 0.717) is 0 Å². The van der Waals surface area contributed by atoms with E-state index in [1.165, 1.54) is 29.2 Å². The van der Waals surface area contributed by atoms with Gasteiger partial charge in [0.2, 0.25) is 5.91 Å². The highest BCUT2D eigenvalue weighted by Crippen LogP contribution is 2.09. The summed E-state index contributed by atoms with van der Waals surface area (Å²) >= 11 is 0. The van der Waals surface area contributed by atoms with Gasteiger partial charge < -0.3 is 15.3 Å². The Morgan fingerprint density at radius 2 is 1.71 bits per heavy atom. The van der Waals surface area contributed by atoms with Crippen molar-refractivity contribution in [1.82, 2.24) is 10.2 Å². The molecule has 1 aromatic carbocycles. The summed E-state index contributed by atoms with van der Waals surface area (Å²) in [6, 6.07) is 5.05. The Hall–Kier alpha value is -2.37. The summed E-state index contributed by atoms with van der Waals surface area (Å²) in [6.07, 6.45) is 0. The SMILES string of the molecule is CC(C)C(NC(=O)c1cccc(C(=O)O)c1)C(=O)N(C)C. The van der Waals surface area contributed by atoms with Gasteiger partial charge in [-0.05, 0) is 24.1 Å². The normalized spacial score (nSPS) is 11.9. The summed E-state index contributed by atoms with van der Waals surface area (Å²) in [5.74, 6) is -1.85. The standard InChI is InChI=1S/C15H20N2O4/c1-9(2)12(14(19)17(3)4)16-13(18)10-6-5-7-11(8-10)15(20)21/h5-9,12H,1-4H3,(H,16,18)(H,20,21). The lowest BCUT2D eigenvalue weighted by Gasteiger charge is -2.24. The molecule has 6 heteroatoms. The van der Waals surface area contributed by atoms with Crippen molar-refractivity contribution in [2.45, 2.75) is 19.9 Å². The van der Waals surface area contributed by atoms with Crippen LogP contribution in [-0.4, -0.2) is 47.9 Å². The Balaban J connectivity index is 2.95. The van der Waals surface area contributed by atoms with Crippen molar-refractivity contribution in [3.05, 3.63) is 35.4 Å². The van der Waals surface area contributed by atoms with Gasteiger partial charge in [0.25, 0.3) is 5.91 Å². The summed E-state index contributed by atoms with van der Waals surface area (Å²) in [5.41, 5.74) is 0.245. The molecule has 6 nitrogen and oxygen atoms in total. The van der Waals surface area contributed by atoms with Gasteiger partial charge in [-0.2, -0.15) is 0 Å². The monoisotopic (exact) mass is 292 g/mol. The van der Waals surface area contributed by atoms with Gasteiger partial charge in [0.1, 0.15) is 6.04 Å². The molecule has 0 aliphatic carbocycles. The molecule has 0 heterocycles. The minimum absolute atomic E-state index is 0.0303. The van der Waals surface area contributed by atoms with Crippen LogP contribution in [0.5, 0.6) is 0 Å². The first-order chi connectivity index (χ1) is 9.73. The second-order valence-corrected chi connectivity index (χ2v) is 5.31. The number of likely N-dealkylation sites (N-methyl/N-ethyl adjacent to an activating group) is 1. The zero-order valence-electron chi connectivity index (χ0n) is 12.6. The van der Waals surface area contributed by atoms with Gasteiger partial charge in [-0.25, -0.2) is 4.79 Å². The molecule has 0 fully saturated rings. The molecule has 0 aliphatic heterocycles. The minimum atomic E-state index is -1.10. The van der Waals surface area contributed by atoms with Crippen molar-refractivity contribution < 1.29 is 19.5 Å². The topological polar surface area (TPSA) is 86.7 Å². The van der Waals surface area contributed by atoms with E-state index >= 15 is 0 Å². The number of benzene rings is 1. The first-order valence-corrected chi connectivity index (χ1v) is 6.59. The number of carboxylic acid groups (broad SMARTS) is 1. The van der Waals surface area contributed by atoms with Crippen LogP contribution in [0.3, 0.4) is 0 Å². The second kappa shape index (κ2) is 6.88. The van der Waals surface area contributed by atoms with Gasteiger partial charge in [0.05, 0.1) is 5.56 Å². The third-order valence-corrected chi connectivity index (χ3v) is 3.03. The molecular formula is C15H20N2O4. The molecule has 0 spiro atoms. The maximum atomic E-state index is 12.2. The van der Waals surface area contributed by atoms with Crippen LogP contribution in [0.1, 0.15) is 34.6 Å². The fraction of sp³-hybridized carbons (Fsp3) is 0.400. The largest absolute Gasteiger partial charge is 0.478 e. The van der Waals surface area contributed by atoms with Crippen LogP contribution >= 0.6 is 0 Å². The Labute approximate surface area is 123 Å². The fourth-order valence-electron chi connectivity index (χ4n) is 1.81. The average molecular weight is 292 g/mol. The van der Waals surface area contributed by atoms with Crippen molar-refractivity contribution in [2.75, 3.05) is 14.1 Å². The van der Waals surface area contributed by atoms with Crippen LogP contribution in [0.2, 0.25) is 0 Å². The molecule has 1 unspecified atom stereocenters. The molecule has 0 saturated carbocycles. The van der Waals surface area contributed by atoms with Gasteiger partial charge in [0, 0.05) is 19.7 Å². The highest BCUT2D eigenvalue weighted by molar-refractivity contribution is 5.99. The van der Waals surface area contributed by atoms with Crippen LogP contribution in [0.25, 0.3) is 0 Å². The molecule has 1 atom stereocenters. The first kappa shape index (κ1) is 16.7. The number of carbonyl (C=O) groups is 3. The van der Waals surface area contributed by atoms with Crippen molar-refractivity contribution in [1.29, 1.82) is 0 Å². The third kappa shape index (κ3) is 4.30. The molecule has 1 aromatic rings. The van der Waals surface area contributed by atoms with E-state index in [2.05, 4.69) is 5.32 Å². The van der Waals surface area contributed by atoms with Crippen LogP contribution in [0.15, 0.2) is 24.3 Å². The quantitative estimate of drug-likeness (QED) is 0.854. The summed E-state index contributed by atoms with van der Waals surface area (Å²) in [5, 5.41) is 11.6. The molecule has 0 saturated heterocycles. The number of nitrogens with zero attached hydrogens (tertiary/aromatic N) is 1. The maximum absolute atomic E-state index is 12.2. The Morgan fingerprint density at radius 1 is 1.14 bits per heavy atom. The number of nitrogens with one attached hydrogen (secondary N) is 1. The first-order valence-electron chi connectivity index (χ1n) is 6.59. The Morgan fingerprint density at radius 3 is 2.19 bits per heavy atom. The van der Waals surface area contributed by atoms with E-state index in [1.807, 2.05) is 13.8 Å². The van der Waals surface area contributed by atoms with Crippen molar-refractivity contribution >= 4 is 17.8 Å². The van der Waals surface area contributed by atoms with Crippen LogP contribution in [0, 0.1) is 5.92 Å². The molecule has 114 valence electrons. The van der Waals surface area contributed by atoms with Crippen LogP contribution in [0.4, 0.5) is 0 Å². The Kier molecular flexibility index (Phi) is 5.46. The van der Waals surface area contributed by atoms with Gasteiger partial charge in [-0.3, -0.25) is 9.59 Å². The van der Waals surface area contributed by atoms with Gasteiger partial charge in [-0.1, -0.05) is 19.9 Å². The molecule has 2 amide bonds. The highest BCUT2D eigenvalue weighted by Gasteiger charge is 2.26. The number of hydrogen-bond acceptors (Lipinski definition) is 3. The van der Waals surface area contributed by atoms with E-state index < -0.39 is 17.9 Å². The van der Waals surface area contributed by atoms with Gasteiger partial charge in [-0.15, -0.1) is 0 Å². The summed E-state index contributed by atoms with van der Waals surface area (Å²) in [6.45, 7) is 3.67. The molecular weight excluding hydrogens is 272 g/mol. The summed E-state index contributed by atoms with van der Waals surface area (Å²) < 4.78 is 0. The maximum Gasteiger partial charge on any atom is 0.335 e. The molecule has 21 heavy (non-hydrogen) atoms. The van der Waals surface area contributed by atoms with Gasteiger partial charge in [0.15, 0.2) is 0 Å². The van der Waals surface area contributed by atoms with Gasteiger partial charge >= 0.3 is 5.97 Å². The lowest BCUT2D eigenvalue weighted by Crippen LogP contribution is -2.49. The number of rotatable bonds is 5. The second-order valence-electron chi connectivity index (χ2n) is 5.31. The van der Waals surface area contributed by atoms with Crippen LogP contribution < -0.4 is 5.32 Å². The van der Waals surface area contributed by atoms with Crippen molar-refractivity contribution in [3.63, 3.8) is 0 Å². The smallest absolute Gasteiger partial charge is 0.335 e. The van der Waals surface area contributed by atoms with E-state index in [4.69, 9.17) is 5.11 Å². The zero-order chi connectivity index (χ0) is 16.2. The third-order valence-electron chi connectivity index (χ3n) is 3.03. The van der Waals surface area contributed by atoms with Crippen molar-refractivity contribution in [2.24, 2.45) is 5.92 Å². The minimum Gasteiger partial charge on any atom is -0.478 e. The van der Waals surface area contributed by atoms with E-state index in [1.54, 1.807) is 14.1 Å². The molecule has 1 rings (SSSR count). The van der Waals surface area contributed by atoms with Crippen molar-refractivity contribution in [3.8, 4) is 0 Å². The number of amides is 2. The lowest BCUT2D eigenvalue weighted by molar-refractivity contribution is -0.131. The predicted molar refractivity (Wildman–Crippen MR) is 78.2 cm³/mol. The summed E-state index contributed by atoms with van der Waals surface area (Å²) in [4.78, 5) is 36.6. The summed E-state index contributed by atoms with van der Waals surface area (Å²) in [7, 11) is 3.24. The molecule has 2 N–H and O–H groups in total. The zero-order valence-corrected chi connectivity index (χ0v) is 12.6. The Bertz CT molecular complexity index is 552. The van der Waals surface area contributed by atoms with Crippen LogP contribution in [-0.2, 0) is 4.79 Å². The highest BCUT2D eigenvalue weighted by atomic mass is 16.4. The van der Waals surface area contributed by atoms with E-state index in [9.17, 15) is 14.4 Å². The van der Waals surface area contributed by atoms with E-state index in [-0.39, 0.29) is 23.0 Å². The number of carbonyl (C=O) groups excluding carboxylic acids is 2. The number of aromatic carboxylic acids is 1. The molecule has 0 aliphatic rings. The number of carboxylic acids is 1. The molecule has 0 aromatic heterocycles.